The van der Waals surface area contributed by atoms with Gasteiger partial charge in [-0.25, -0.2) is 0 Å². The van der Waals surface area contributed by atoms with Gasteiger partial charge < -0.3 is 14.7 Å². The first-order chi connectivity index (χ1) is 10.9. The predicted octanol–water partition coefficient (Wildman–Crippen LogP) is 3.64. The van der Waals surface area contributed by atoms with E-state index in [1.165, 1.54) is 30.4 Å². The van der Waals surface area contributed by atoms with Crippen molar-refractivity contribution in [2.45, 2.75) is 58.1 Å². The smallest absolute Gasteiger partial charge is 0.0594 e. The molecule has 1 saturated heterocycles. The second kappa shape index (κ2) is 8.81. The molecule has 0 atom stereocenters. The number of benzene rings is 1. The third kappa shape index (κ3) is 7.47. The summed E-state index contributed by atoms with van der Waals surface area (Å²) in [4.78, 5) is 2.42. The summed E-state index contributed by atoms with van der Waals surface area (Å²) in [5, 5.41) is 9.80. The van der Waals surface area contributed by atoms with Crippen LogP contribution in [0, 0.1) is 5.92 Å². The summed E-state index contributed by atoms with van der Waals surface area (Å²) in [7, 11) is 2.21. The molecule has 0 bridgehead atoms. The van der Waals surface area contributed by atoms with E-state index in [-0.39, 0.29) is 0 Å². The highest BCUT2D eigenvalue weighted by atomic mass is 16.5. The highest BCUT2D eigenvalue weighted by Crippen LogP contribution is 2.19. The van der Waals surface area contributed by atoms with Crippen molar-refractivity contribution >= 4 is 0 Å². The minimum atomic E-state index is -0.580. The molecule has 1 N–H and O–H groups in total. The number of rotatable bonds is 8. The van der Waals surface area contributed by atoms with Gasteiger partial charge in [-0.2, -0.15) is 0 Å². The number of ether oxygens (including phenoxy) is 1. The van der Waals surface area contributed by atoms with E-state index in [0.717, 1.165) is 45.1 Å². The Labute approximate surface area is 141 Å². The molecule has 3 nitrogen and oxygen atoms in total. The maximum absolute atomic E-state index is 9.80. The molecule has 1 aromatic rings. The Balaban J connectivity index is 1.71. The molecule has 0 amide bonds. The molecule has 0 aliphatic carbocycles. The zero-order valence-corrected chi connectivity index (χ0v) is 15.1. The van der Waals surface area contributed by atoms with Crippen LogP contribution < -0.4 is 0 Å². The van der Waals surface area contributed by atoms with Gasteiger partial charge in [0.25, 0.3) is 0 Å². The van der Waals surface area contributed by atoms with Crippen molar-refractivity contribution in [1.82, 2.24) is 4.90 Å². The standard InChI is InChI=1S/C20H33NO2/c1-20(2,22)12-8-17-4-6-19(7-5-17)16-21(3)13-9-18-10-14-23-15-11-18/h4-7,18,22H,8-16H2,1-3H3. The van der Waals surface area contributed by atoms with Crippen LogP contribution in [0.2, 0.25) is 0 Å². The Morgan fingerprint density at radius 2 is 1.74 bits per heavy atom. The molecule has 0 radical (unpaired) electrons. The van der Waals surface area contributed by atoms with E-state index in [0.29, 0.717) is 0 Å². The molecule has 0 aromatic heterocycles. The quantitative estimate of drug-likeness (QED) is 0.794. The monoisotopic (exact) mass is 319 g/mol. The maximum atomic E-state index is 9.80. The average molecular weight is 319 g/mol. The molecule has 2 rings (SSSR count). The fourth-order valence-corrected chi connectivity index (χ4v) is 3.09. The zero-order chi connectivity index (χ0) is 16.7. The van der Waals surface area contributed by atoms with Crippen LogP contribution in [0.15, 0.2) is 24.3 Å². The highest BCUT2D eigenvalue weighted by molar-refractivity contribution is 5.22. The second-order valence-corrected chi connectivity index (χ2v) is 7.71. The van der Waals surface area contributed by atoms with E-state index in [9.17, 15) is 5.11 Å². The molecular weight excluding hydrogens is 286 g/mol. The van der Waals surface area contributed by atoms with Gasteiger partial charge in [0, 0.05) is 19.8 Å². The largest absolute Gasteiger partial charge is 0.390 e. The molecule has 0 saturated carbocycles. The van der Waals surface area contributed by atoms with Gasteiger partial charge in [-0.15, -0.1) is 0 Å². The molecule has 0 unspecified atom stereocenters. The van der Waals surface area contributed by atoms with E-state index in [1.807, 2.05) is 13.8 Å². The molecule has 1 aliphatic heterocycles. The number of hydrogen-bond donors (Lipinski definition) is 1. The molecule has 3 heteroatoms. The van der Waals surface area contributed by atoms with Gasteiger partial charge in [0.15, 0.2) is 0 Å². The minimum absolute atomic E-state index is 0.580. The fourth-order valence-electron chi connectivity index (χ4n) is 3.09. The number of aliphatic hydroxyl groups is 1. The van der Waals surface area contributed by atoms with Gasteiger partial charge in [-0.05, 0) is 76.6 Å². The van der Waals surface area contributed by atoms with Gasteiger partial charge in [0.2, 0.25) is 0 Å². The average Bonchev–Trinajstić information content (AvgIpc) is 2.53. The number of hydrogen-bond acceptors (Lipinski definition) is 3. The van der Waals surface area contributed by atoms with Crippen LogP contribution in [-0.4, -0.2) is 42.4 Å². The van der Waals surface area contributed by atoms with Crippen LogP contribution >= 0.6 is 0 Å². The van der Waals surface area contributed by atoms with Crippen molar-refractivity contribution in [1.29, 1.82) is 0 Å². The van der Waals surface area contributed by atoms with Gasteiger partial charge in [0.1, 0.15) is 0 Å². The molecule has 1 fully saturated rings. The van der Waals surface area contributed by atoms with Crippen molar-refractivity contribution in [2.24, 2.45) is 5.92 Å². The Hall–Kier alpha value is -0.900. The molecule has 1 aromatic carbocycles. The van der Waals surface area contributed by atoms with Crippen LogP contribution in [0.4, 0.5) is 0 Å². The van der Waals surface area contributed by atoms with E-state index in [1.54, 1.807) is 0 Å². The SMILES string of the molecule is CN(CCC1CCOCC1)Cc1ccc(CCC(C)(C)O)cc1. The van der Waals surface area contributed by atoms with E-state index >= 15 is 0 Å². The lowest BCUT2D eigenvalue weighted by molar-refractivity contribution is 0.0608. The number of nitrogens with zero attached hydrogens (tertiary/aromatic N) is 1. The van der Waals surface area contributed by atoms with Gasteiger partial charge in [-0.1, -0.05) is 24.3 Å². The van der Waals surface area contributed by atoms with Crippen molar-refractivity contribution < 1.29 is 9.84 Å². The van der Waals surface area contributed by atoms with E-state index < -0.39 is 5.60 Å². The minimum Gasteiger partial charge on any atom is -0.390 e. The third-order valence-corrected chi connectivity index (χ3v) is 4.76. The van der Waals surface area contributed by atoms with Gasteiger partial charge in [0.05, 0.1) is 5.60 Å². The van der Waals surface area contributed by atoms with E-state index in [4.69, 9.17) is 4.74 Å². The van der Waals surface area contributed by atoms with Crippen molar-refractivity contribution in [3.8, 4) is 0 Å². The van der Waals surface area contributed by atoms with Crippen molar-refractivity contribution in [3.05, 3.63) is 35.4 Å². The maximum Gasteiger partial charge on any atom is 0.0594 e. The number of aryl methyl sites for hydroxylation is 1. The summed E-state index contributed by atoms with van der Waals surface area (Å²) in [5.74, 6) is 0.843. The summed E-state index contributed by atoms with van der Waals surface area (Å²) >= 11 is 0. The normalized spacial score (nSPS) is 16.9. The topological polar surface area (TPSA) is 32.7 Å². The third-order valence-electron chi connectivity index (χ3n) is 4.76. The predicted molar refractivity (Wildman–Crippen MR) is 95.6 cm³/mol. The Kier molecular flexibility index (Phi) is 7.07. The fraction of sp³-hybridized carbons (Fsp3) is 0.700. The first-order valence-corrected chi connectivity index (χ1v) is 8.99. The summed E-state index contributed by atoms with van der Waals surface area (Å²) in [6.07, 6.45) is 5.47. The molecule has 1 aliphatic rings. The van der Waals surface area contributed by atoms with Gasteiger partial charge in [-0.3, -0.25) is 0 Å². The lowest BCUT2D eigenvalue weighted by Gasteiger charge is -2.25. The first kappa shape index (κ1) is 18.4. The summed E-state index contributed by atoms with van der Waals surface area (Å²) in [5.41, 5.74) is 2.09. The lowest BCUT2D eigenvalue weighted by atomic mass is 9.96. The summed E-state index contributed by atoms with van der Waals surface area (Å²) in [6, 6.07) is 8.86. The molecular formula is C20H33NO2. The van der Waals surface area contributed by atoms with Crippen molar-refractivity contribution in [2.75, 3.05) is 26.8 Å². The van der Waals surface area contributed by atoms with Crippen molar-refractivity contribution in [3.63, 3.8) is 0 Å². The molecule has 1 heterocycles. The lowest BCUT2D eigenvalue weighted by Crippen LogP contribution is -2.24. The Morgan fingerprint density at radius 1 is 1.13 bits per heavy atom. The van der Waals surface area contributed by atoms with Crippen LogP contribution in [0.3, 0.4) is 0 Å². The summed E-state index contributed by atoms with van der Waals surface area (Å²) < 4.78 is 5.42. The highest BCUT2D eigenvalue weighted by Gasteiger charge is 2.14. The van der Waals surface area contributed by atoms with Crippen LogP contribution in [0.5, 0.6) is 0 Å². The second-order valence-electron chi connectivity index (χ2n) is 7.71. The first-order valence-electron chi connectivity index (χ1n) is 8.99. The molecule has 130 valence electrons. The Morgan fingerprint density at radius 3 is 2.35 bits per heavy atom. The van der Waals surface area contributed by atoms with Crippen LogP contribution in [-0.2, 0) is 17.7 Å². The Bertz CT molecular complexity index is 444. The molecule has 23 heavy (non-hydrogen) atoms. The van der Waals surface area contributed by atoms with Gasteiger partial charge >= 0.3 is 0 Å². The zero-order valence-electron chi connectivity index (χ0n) is 15.1. The van der Waals surface area contributed by atoms with Crippen LogP contribution in [0.25, 0.3) is 0 Å². The molecule has 0 spiro atoms. The summed E-state index contributed by atoms with van der Waals surface area (Å²) in [6.45, 7) is 7.80. The van der Waals surface area contributed by atoms with E-state index in [2.05, 4.69) is 36.2 Å². The van der Waals surface area contributed by atoms with Crippen LogP contribution in [0.1, 0.15) is 50.7 Å².